The van der Waals surface area contributed by atoms with Gasteiger partial charge in [-0.05, 0) is 51.9 Å². The normalized spacial score (nSPS) is 14.8. The highest BCUT2D eigenvalue weighted by Crippen LogP contribution is 2.55. The Bertz CT molecular complexity index is 2240. The van der Waals surface area contributed by atoms with Crippen molar-refractivity contribution in [2.75, 3.05) is 0 Å². The summed E-state index contributed by atoms with van der Waals surface area (Å²) >= 11 is 2.54. The number of nitrogens with zero attached hydrogens (tertiary/aromatic N) is 2. The Hall–Kier alpha value is -3.57. The third-order valence-electron chi connectivity index (χ3n) is 8.72. The zero-order valence-corrected chi connectivity index (χ0v) is 22.1. The number of hydrogen-bond acceptors (Lipinski definition) is 0. The van der Waals surface area contributed by atoms with E-state index in [4.69, 9.17) is 0 Å². The third kappa shape index (κ3) is 2.01. The molecule has 1 aliphatic rings. The molecule has 1 aliphatic carbocycles. The zero-order chi connectivity index (χ0) is 23.9. The van der Waals surface area contributed by atoms with E-state index in [1.807, 2.05) is 0 Å². The van der Waals surface area contributed by atoms with Gasteiger partial charge in [-0.2, -0.15) is 0 Å². The van der Waals surface area contributed by atoms with E-state index in [-0.39, 0.29) is 5.41 Å². The SMILES string of the molecule is CC1(C)c2ccccc2-c2cc3c4cccc5c6ccccc6n(c6cccc7c6c3c(c21)n7I)c45. The molecule has 3 heteroatoms. The van der Waals surface area contributed by atoms with Crippen LogP contribution in [0.25, 0.3) is 71.0 Å². The van der Waals surface area contributed by atoms with Gasteiger partial charge in [-0.1, -0.05) is 80.6 Å². The number of aromatic nitrogens is 2. The first-order valence-electron chi connectivity index (χ1n) is 12.5. The van der Waals surface area contributed by atoms with Crippen molar-refractivity contribution in [1.82, 2.24) is 7.18 Å². The van der Waals surface area contributed by atoms with E-state index < -0.39 is 0 Å². The van der Waals surface area contributed by atoms with Crippen molar-refractivity contribution in [3.05, 3.63) is 102 Å². The van der Waals surface area contributed by atoms with Crippen LogP contribution >= 0.6 is 22.9 Å². The molecule has 0 bridgehead atoms. The fourth-order valence-electron chi connectivity index (χ4n) is 7.31. The molecule has 5 aromatic carbocycles. The van der Waals surface area contributed by atoms with Gasteiger partial charge in [0, 0.05) is 32.3 Å². The first-order chi connectivity index (χ1) is 17.6. The summed E-state index contributed by atoms with van der Waals surface area (Å²) in [7, 11) is 0. The van der Waals surface area contributed by atoms with Crippen molar-refractivity contribution in [1.29, 1.82) is 0 Å². The summed E-state index contributed by atoms with van der Waals surface area (Å²) in [5.41, 5.74) is 12.0. The van der Waals surface area contributed by atoms with E-state index in [0.29, 0.717) is 0 Å². The van der Waals surface area contributed by atoms with Gasteiger partial charge in [0.1, 0.15) is 0 Å². The van der Waals surface area contributed by atoms with Crippen molar-refractivity contribution in [3.63, 3.8) is 0 Å². The molecule has 0 atom stereocenters. The fraction of sp³-hybridized carbons (Fsp3) is 0.0909. The Balaban J connectivity index is 1.71. The van der Waals surface area contributed by atoms with Gasteiger partial charge < -0.3 is 4.40 Å². The Morgan fingerprint density at radius 3 is 2.14 bits per heavy atom. The van der Waals surface area contributed by atoms with Crippen LogP contribution in [0, 0.1) is 0 Å². The van der Waals surface area contributed by atoms with E-state index >= 15 is 0 Å². The summed E-state index contributed by atoms with van der Waals surface area (Å²) in [4.78, 5) is 0. The minimum absolute atomic E-state index is 0.0672. The molecule has 0 saturated heterocycles. The van der Waals surface area contributed by atoms with Crippen LogP contribution < -0.4 is 0 Å². The van der Waals surface area contributed by atoms with Gasteiger partial charge in [0.2, 0.25) is 0 Å². The highest BCUT2D eigenvalue weighted by Gasteiger charge is 2.39. The number of fused-ring (bicyclic) bond motifs is 9. The molecule has 0 radical (unpaired) electrons. The van der Waals surface area contributed by atoms with Gasteiger partial charge in [-0.25, -0.2) is 0 Å². The van der Waals surface area contributed by atoms with Gasteiger partial charge >= 0.3 is 0 Å². The predicted octanol–water partition coefficient (Wildman–Crippen LogP) is 9.45. The molecule has 2 nitrogen and oxygen atoms in total. The molecule has 0 amide bonds. The summed E-state index contributed by atoms with van der Waals surface area (Å²) in [6.45, 7) is 4.78. The van der Waals surface area contributed by atoms with E-state index in [1.165, 1.54) is 82.2 Å². The molecule has 0 aliphatic heterocycles. The number of benzene rings is 5. The number of para-hydroxylation sites is 2. The molecule has 0 saturated carbocycles. The average Bonchev–Trinajstić information content (AvgIpc) is 3.44. The second kappa shape index (κ2) is 6.22. The maximum atomic E-state index is 2.54. The summed E-state index contributed by atoms with van der Waals surface area (Å²) in [5.74, 6) is 0. The second-order valence-electron chi connectivity index (χ2n) is 10.7. The predicted molar refractivity (Wildman–Crippen MR) is 161 cm³/mol. The van der Waals surface area contributed by atoms with E-state index in [0.717, 1.165) is 0 Å². The van der Waals surface area contributed by atoms with Crippen molar-refractivity contribution in [2.24, 2.45) is 0 Å². The number of rotatable bonds is 0. The summed E-state index contributed by atoms with van der Waals surface area (Å²) in [6.07, 6.45) is 0. The lowest BCUT2D eigenvalue weighted by molar-refractivity contribution is 0.665. The molecule has 3 aromatic heterocycles. The van der Waals surface area contributed by atoms with Crippen LogP contribution in [0.2, 0.25) is 0 Å². The monoisotopic (exact) mass is 572 g/mol. The van der Waals surface area contributed by atoms with Crippen molar-refractivity contribution >= 4 is 82.8 Å². The first kappa shape index (κ1) is 19.6. The molecule has 0 fully saturated rings. The Morgan fingerprint density at radius 2 is 1.25 bits per heavy atom. The van der Waals surface area contributed by atoms with Gasteiger partial charge in [0.05, 0.1) is 50.4 Å². The van der Waals surface area contributed by atoms with Crippen LogP contribution in [0.4, 0.5) is 0 Å². The van der Waals surface area contributed by atoms with Crippen LogP contribution in [0.1, 0.15) is 25.0 Å². The van der Waals surface area contributed by atoms with Crippen LogP contribution in [-0.2, 0) is 5.41 Å². The topological polar surface area (TPSA) is 9.34 Å². The molecule has 0 unspecified atom stereocenters. The van der Waals surface area contributed by atoms with Gasteiger partial charge in [-0.3, -0.25) is 2.78 Å². The van der Waals surface area contributed by atoms with E-state index in [9.17, 15) is 0 Å². The van der Waals surface area contributed by atoms with Crippen LogP contribution in [0.15, 0.2) is 91.0 Å². The van der Waals surface area contributed by atoms with E-state index in [2.05, 4.69) is 135 Å². The second-order valence-corrected chi connectivity index (χ2v) is 11.7. The highest BCUT2D eigenvalue weighted by molar-refractivity contribution is 14.1. The standard InChI is InChI=1S/C33H21IN2/c1-33(2)24-13-5-3-9-18(24)23-17-22-21-12-7-11-20-19-10-4-6-14-25(19)35(31(20)21)26-15-8-16-27-29(26)28(22)32(30(23)33)36(27)34/h3-17H,1-2H3. The average molecular weight is 572 g/mol. The molecule has 3 heterocycles. The van der Waals surface area contributed by atoms with Crippen molar-refractivity contribution in [2.45, 2.75) is 19.3 Å². The summed E-state index contributed by atoms with van der Waals surface area (Å²) < 4.78 is 4.95. The minimum Gasteiger partial charge on any atom is -0.308 e. The lowest BCUT2D eigenvalue weighted by atomic mass is 9.81. The highest BCUT2D eigenvalue weighted by atomic mass is 127. The van der Waals surface area contributed by atoms with Crippen molar-refractivity contribution in [3.8, 4) is 11.1 Å². The molecule has 9 rings (SSSR count). The quantitative estimate of drug-likeness (QED) is 0.160. The molecule has 0 spiro atoms. The molecule has 8 aromatic rings. The fourth-order valence-corrected chi connectivity index (χ4v) is 8.20. The molecule has 0 N–H and O–H groups in total. The lowest BCUT2D eigenvalue weighted by Gasteiger charge is -2.23. The minimum atomic E-state index is -0.0672. The maximum Gasteiger partial charge on any atom is 0.0646 e. The molecule has 36 heavy (non-hydrogen) atoms. The van der Waals surface area contributed by atoms with Crippen molar-refractivity contribution < 1.29 is 0 Å². The Labute approximate surface area is 221 Å². The first-order valence-corrected chi connectivity index (χ1v) is 13.5. The number of halogens is 1. The van der Waals surface area contributed by atoms with Crippen LogP contribution in [-0.4, -0.2) is 7.18 Å². The van der Waals surface area contributed by atoms with Crippen LogP contribution in [0.3, 0.4) is 0 Å². The van der Waals surface area contributed by atoms with E-state index in [1.54, 1.807) is 0 Å². The van der Waals surface area contributed by atoms with Crippen LogP contribution in [0.5, 0.6) is 0 Å². The smallest absolute Gasteiger partial charge is 0.0646 e. The maximum absolute atomic E-state index is 2.54. The summed E-state index contributed by atoms with van der Waals surface area (Å²) in [5, 5.41) is 8.03. The summed E-state index contributed by atoms with van der Waals surface area (Å²) in [6, 6.07) is 34.0. The van der Waals surface area contributed by atoms with Gasteiger partial charge in [0.15, 0.2) is 0 Å². The Morgan fingerprint density at radius 1 is 0.583 bits per heavy atom. The molecule has 170 valence electrons. The molecular formula is C33H21IN2. The lowest BCUT2D eigenvalue weighted by Crippen LogP contribution is -2.16. The van der Waals surface area contributed by atoms with Gasteiger partial charge in [-0.15, -0.1) is 0 Å². The largest absolute Gasteiger partial charge is 0.308 e. The zero-order valence-electron chi connectivity index (χ0n) is 19.9. The van der Waals surface area contributed by atoms with Gasteiger partial charge in [0.25, 0.3) is 0 Å². The Kier molecular flexibility index (Phi) is 3.38. The molecular weight excluding hydrogens is 551 g/mol. The number of hydrogen-bond donors (Lipinski definition) is 0. The third-order valence-corrected chi connectivity index (χ3v) is 9.72.